The van der Waals surface area contributed by atoms with E-state index in [0.717, 1.165) is 7.11 Å². The molecular weight excluding hydrogens is 220 g/mol. The second kappa shape index (κ2) is 4.87. The van der Waals surface area contributed by atoms with Gasteiger partial charge in [-0.15, -0.1) is 0 Å². The third kappa shape index (κ3) is 2.26. The fourth-order valence-corrected chi connectivity index (χ4v) is 1.29. The summed E-state index contributed by atoms with van der Waals surface area (Å²) in [5, 5.41) is 0. The van der Waals surface area contributed by atoms with Crippen molar-refractivity contribution in [3.8, 4) is 5.75 Å². The smallest absolute Gasteiger partial charge is 0.360 e. The topological polar surface area (TPSA) is 48.4 Å². The standard InChI is InChI=1S/C10H11F2NO3/c1-5-4-6(9(11)12)13-7(8(5)15-2)10(14)16-3/h4,9H,1-3H3. The summed E-state index contributed by atoms with van der Waals surface area (Å²) >= 11 is 0. The van der Waals surface area contributed by atoms with Crippen molar-refractivity contribution in [3.05, 3.63) is 23.0 Å². The van der Waals surface area contributed by atoms with Crippen LogP contribution in [-0.2, 0) is 4.74 Å². The van der Waals surface area contributed by atoms with E-state index in [4.69, 9.17) is 4.74 Å². The summed E-state index contributed by atoms with van der Waals surface area (Å²) in [5.41, 5.74) is -0.299. The molecule has 6 heteroatoms. The van der Waals surface area contributed by atoms with Crippen molar-refractivity contribution in [3.63, 3.8) is 0 Å². The molecule has 0 atom stereocenters. The third-order valence-electron chi connectivity index (χ3n) is 1.98. The van der Waals surface area contributed by atoms with Crippen LogP contribution in [0.15, 0.2) is 6.07 Å². The molecule has 1 heterocycles. The fourth-order valence-electron chi connectivity index (χ4n) is 1.29. The number of halogens is 2. The van der Waals surface area contributed by atoms with Crippen LogP contribution >= 0.6 is 0 Å². The predicted octanol–water partition coefficient (Wildman–Crippen LogP) is 2.12. The second-order valence-electron chi connectivity index (χ2n) is 3.04. The van der Waals surface area contributed by atoms with E-state index in [1.54, 1.807) is 6.92 Å². The molecule has 0 saturated carbocycles. The van der Waals surface area contributed by atoms with E-state index in [2.05, 4.69) is 9.72 Å². The Morgan fingerprint density at radius 3 is 2.50 bits per heavy atom. The number of methoxy groups -OCH3 is 2. The van der Waals surface area contributed by atoms with E-state index in [-0.39, 0.29) is 11.4 Å². The van der Waals surface area contributed by atoms with Crippen molar-refractivity contribution in [1.82, 2.24) is 4.98 Å². The van der Waals surface area contributed by atoms with E-state index >= 15 is 0 Å². The molecule has 0 aliphatic heterocycles. The zero-order valence-electron chi connectivity index (χ0n) is 9.08. The first-order valence-corrected chi connectivity index (χ1v) is 4.43. The van der Waals surface area contributed by atoms with Crippen LogP contribution in [0.5, 0.6) is 5.75 Å². The molecule has 1 rings (SSSR count). The minimum absolute atomic E-state index is 0.149. The fraction of sp³-hybridized carbons (Fsp3) is 0.400. The lowest BCUT2D eigenvalue weighted by atomic mass is 10.2. The molecule has 0 fully saturated rings. The summed E-state index contributed by atoms with van der Waals surface area (Å²) in [4.78, 5) is 14.8. The maximum Gasteiger partial charge on any atom is 0.360 e. The molecule has 0 aliphatic carbocycles. The highest BCUT2D eigenvalue weighted by Gasteiger charge is 2.21. The van der Waals surface area contributed by atoms with Crippen LogP contribution < -0.4 is 4.74 Å². The first-order valence-electron chi connectivity index (χ1n) is 4.43. The van der Waals surface area contributed by atoms with Gasteiger partial charge in [-0.2, -0.15) is 0 Å². The molecule has 0 amide bonds. The number of alkyl halides is 2. The van der Waals surface area contributed by atoms with Gasteiger partial charge in [0.15, 0.2) is 11.4 Å². The lowest BCUT2D eigenvalue weighted by molar-refractivity contribution is 0.0588. The van der Waals surface area contributed by atoms with E-state index in [0.29, 0.717) is 5.56 Å². The number of rotatable bonds is 3. The van der Waals surface area contributed by atoms with Crippen molar-refractivity contribution in [1.29, 1.82) is 0 Å². The molecule has 0 unspecified atom stereocenters. The molecule has 0 N–H and O–H groups in total. The maximum absolute atomic E-state index is 12.5. The van der Waals surface area contributed by atoms with Crippen LogP contribution in [-0.4, -0.2) is 25.2 Å². The summed E-state index contributed by atoms with van der Waals surface area (Å²) in [7, 11) is 2.48. The maximum atomic E-state index is 12.5. The number of esters is 1. The Morgan fingerprint density at radius 1 is 1.44 bits per heavy atom. The van der Waals surface area contributed by atoms with Crippen molar-refractivity contribution in [2.75, 3.05) is 14.2 Å². The van der Waals surface area contributed by atoms with Crippen molar-refractivity contribution in [2.45, 2.75) is 13.3 Å². The Balaban J connectivity index is 3.36. The second-order valence-corrected chi connectivity index (χ2v) is 3.04. The van der Waals surface area contributed by atoms with Gasteiger partial charge in [-0.25, -0.2) is 18.6 Å². The number of aryl methyl sites for hydroxylation is 1. The van der Waals surface area contributed by atoms with Crippen molar-refractivity contribution < 1.29 is 23.0 Å². The Hall–Kier alpha value is -1.72. The zero-order chi connectivity index (χ0) is 12.3. The summed E-state index contributed by atoms with van der Waals surface area (Å²) in [5.74, 6) is -0.654. The van der Waals surface area contributed by atoms with Crippen LogP contribution in [0.4, 0.5) is 8.78 Å². The molecule has 88 valence electrons. The highest BCUT2D eigenvalue weighted by Crippen LogP contribution is 2.27. The monoisotopic (exact) mass is 231 g/mol. The molecule has 4 nitrogen and oxygen atoms in total. The molecule has 16 heavy (non-hydrogen) atoms. The predicted molar refractivity (Wildman–Crippen MR) is 51.8 cm³/mol. The highest BCUT2D eigenvalue weighted by atomic mass is 19.3. The number of pyridine rings is 1. The summed E-state index contributed by atoms with van der Waals surface area (Å²) < 4.78 is 34.3. The molecule has 0 spiro atoms. The average Bonchev–Trinajstić information content (AvgIpc) is 2.26. The molecule has 0 aliphatic rings. The van der Waals surface area contributed by atoms with Gasteiger partial charge in [-0.3, -0.25) is 0 Å². The number of hydrogen-bond acceptors (Lipinski definition) is 4. The van der Waals surface area contributed by atoms with E-state index < -0.39 is 18.1 Å². The molecule has 1 aromatic heterocycles. The van der Waals surface area contributed by atoms with Crippen LogP contribution in [0.3, 0.4) is 0 Å². The van der Waals surface area contributed by atoms with Crippen LogP contribution in [0.25, 0.3) is 0 Å². The minimum Gasteiger partial charge on any atom is -0.494 e. The van der Waals surface area contributed by atoms with Crippen LogP contribution in [0.1, 0.15) is 28.2 Å². The zero-order valence-corrected chi connectivity index (χ0v) is 9.08. The number of carbonyl (C=O) groups excluding carboxylic acids is 1. The summed E-state index contributed by atoms with van der Waals surface area (Å²) in [6.45, 7) is 1.55. The lowest BCUT2D eigenvalue weighted by Crippen LogP contribution is -2.10. The Labute approximate surface area is 91.2 Å². The van der Waals surface area contributed by atoms with E-state index in [1.165, 1.54) is 13.2 Å². The van der Waals surface area contributed by atoms with Gasteiger partial charge >= 0.3 is 5.97 Å². The third-order valence-corrected chi connectivity index (χ3v) is 1.98. The molecule has 1 aromatic rings. The van der Waals surface area contributed by atoms with Gasteiger partial charge in [0.05, 0.1) is 14.2 Å². The quantitative estimate of drug-likeness (QED) is 0.747. The van der Waals surface area contributed by atoms with Gasteiger partial charge in [0.25, 0.3) is 6.43 Å². The van der Waals surface area contributed by atoms with Gasteiger partial charge in [-0.1, -0.05) is 0 Å². The number of aromatic nitrogens is 1. The SMILES string of the molecule is COC(=O)c1nc(C(F)F)cc(C)c1OC. The van der Waals surface area contributed by atoms with Gasteiger partial charge in [-0.05, 0) is 18.6 Å². The Kier molecular flexibility index (Phi) is 3.76. The molecule has 0 radical (unpaired) electrons. The van der Waals surface area contributed by atoms with E-state index in [9.17, 15) is 13.6 Å². The van der Waals surface area contributed by atoms with Crippen molar-refractivity contribution >= 4 is 5.97 Å². The highest BCUT2D eigenvalue weighted by molar-refractivity contribution is 5.90. The normalized spacial score (nSPS) is 10.4. The Morgan fingerprint density at radius 2 is 2.06 bits per heavy atom. The summed E-state index contributed by atoms with van der Waals surface area (Å²) in [6, 6.07) is 1.18. The minimum atomic E-state index is -2.74. The van der Waals surface area contributed by atoms with E-state index in [1.807, 2.05) is 0 Å². The molecule has 0 aromatic carbocycles. The van der Waals surface area contributed by atoms with Gasteiger partial charge in [0.2, 0.25) is 0 Å². The van der Waals surface area contributed by atoms with Crippen LogP contribution in [0.2, 0.25) is 0 Å². The lowest BCUT2D eigenvalue weighted by Gasteiger charge is -2.11. The Bertz CT molecular complexity index is 407. The first-order chi connectivity index (χ1) is 7.51. The molecule has 0 saturated heterocycles. The van der Waals surface area contributed by atoms with Gasteiger partial charge in [0.1, 0.15) is 5.69 Å². The van der Waals surface area contributed by atoms with Gasteiger partial charge in [0, 0.05) is 0 Å². The van der Waals surface area contributed by atoms with Crippen LogP contribution in [0, 0.1) is 6.92 Å². The number of hydrogen-bond donors (Lipinski definition) is 0. The number of nitrogens with zero attached hydrogens (tertiary/aromatic N) is 1. The average molecular weight is 231 g/mol. The summed E-state index contributed by atoms with van der Waals surface area (Å²) in [6.07, 6.45) is -2.74. The molecule has 0 bridgehead atoms. The first kappa shape index (κ1) is 12.4. The largest absolute Gasteiger partial charge is 0.494 e. The van der Waals surface area contributed by atoms with Crippen molar-refractivity contribution in [2.24, 2.45) is 0 Å². The number of carbonyl (C=O) groups is 1. The molecular formula is C10H11F2NO3. The number of ether oxygens (including phenoxy) is 2. The van der Waals surface area contributed by atoms with Gasteiger partial charge < -0.3 is 9.47 Å².